The summed E-state index contributed by atoms with van der Waals surface area (Å²) in [5.74, 6) is 0.0741. The number of para-hydroxylation sites is 2. The van der Waals surface area contributed by atoms with E-state index in [1.807, 2.05) is 0 Å². The van der Waals surface area contributed by atoms with E-state index in [1.54, 1.807) is 49.6 Å². The maximum Gasteiger partial charge on any atom is 0.229 e. The molecular weight excluding hydrogens is 373 g/mol. The van der Waals surface area contributed by atoms with Crippen molar-refractivity contribution in [2.24, 2.45) is 0 Å². The molecule has 0 amide bonds. The van der Waals surface area contributed by atoms with E-state index < -0.39 is 17.1 Å². The molecule has 140 valence electrons. The quantitative estimate of drug-likeness (QED) is 0.532. The summed E-state index contributed by atoms with van der Waals surface area (Å²) in [6.45, 7) is 0. The van der Waals surface area contributed by atoms with Gasteiger partial charge in [0.05, 0.1) is 24.7 Å². The molecular formula is C17H15FN5O3S-. The lowest BCUT2D eigenvalue weighted by Gasteiger charge is -2.15. The molecule has 1 unspecified atom stereocenters. The van der Waals surface area contributed by atoms with Gasteiger partial charge in [-0.3, -0.25) is 4.21 Å². The fraction of sp³-hybridized carbons (Fsp3) is 0.0588. The van der Waals surface area contributed by atoms with Crippen molar-refractivity contribution in [2.45, 2.75) is 0 Å². The molecule has 1 heterocycles. The number of hydrogen-bond acceptors (Lipinski definition) is 7. The normalized spacial score (nSPS) is 11.5. The zero-order valence-corrected chi connectivity index (χ0v) is 14.9. The number of methoxy groups -OCH3 is 1. The average Bonchev–Trinajstić information content (AvgIpc) is 2.66. The highest BCUT2D eigenvalue weighted by Crippen LogP contribution is 2.27. The van der Waals surface area contributed by atoms with Crippen LogP contribution in [0.4, 0.5) is 33.2 Å². The Bertz CT molecular complexity index is 956. The van der Waals surface area contributed by atoms with E-state index in [9.17, 15) is 13.2 Å². The topological polar surface area (TPSA) is 111 Å². The SMILES string of the molecule is COc1ccc(Nc2ncc(F)c(Nc3ccccc3NS(=O)[O-])n2)cc1. The molecule has 0 aliphatic carbocycles. The number of halogens is 1. The highest BCUT2D eigenvalue weighted by molar-refractivity contribution is 7.80. The van der Waals surface area contributed by atoms with Crippen molar-refractivity contribution in [2.75, 3.05) is 22.5 Å². The molecule has 0 spiro atoms. The third kappa shape index (κ3) is 4.90. The Morgan fingerprint density at radius 2 is 1.78 bits per heavy atom. The van der Waals surface area contributed by atoms with Gasteiger partial charge in [0.1, 0.15) is 5.75 Å². The number of benzene rings is 2. The Kier molecular flexibility index (Phi) is 5.79. The van der Waals surface area contributed by atoms with Crippen molar-refractivity contribution >= 4 is 40.1 Å². The van der Waals surface area contributed by atoms with Crippen LogP contribution in [-0.4, -0.2) is 25.8 Å². The second-order valence-electron chi connectivity index (χ2n) is 5.25. The van der Waals surface area contributed by atoms with E-state index in [2.05, 4.69) is 25.3 Å². The van der Waals surface area contributed by atoms with Crippen LogP contribution in [0.3, 0.4) is 0 Å². The van der Waals surface area contributed by atoms with Gasteiger partial charge in [-0.1, -0.05) is 12.1 Å². The molecule has 0 saturated carbocycles. The summed E-state index contributed by atoms with van der Waals surface area (Å²) >= 11 is -2.51. The minimum Gasteiger partial charge on any atom is -0.755 e. The Labute approximate surface area is 157 Å². The van der Waals surface area contributed by atoms with Gasteiger partial charge < -0.3 is 24.6 Å². The maximum absolute atomic E-state index is 14.1. The van der Waals surface area contributed by atoms with Gasteiger partial charge in [-0.25, -0.2) is 9.37 Å². The van der Waals surface area contributed by atoms with Crippen LogP contribution in [0.1, 0.15) is 0 Å². The number of rotatable bonds is 7. The summed E-state index contributed by atoms with van der Waals surface area (Å²) in [5, 5.41) is 5.73. The summed E-state index contributed by atoms with van der Waals surface area (Å²) in [4.78, 5) is 8.01. The van der Waals surface area contributed by atoms with Gasteiger partial charge in [0.25, 0.3) is 0 Å². The molecule has 10 heteroatoms. The summed E-state index contributed by atoms with van der Waals surface area (Å²) in [6.07, 6.45) is 1.02. The van der Waals surface area contributed by atoms with Crippen molar-refractivity contribution in [3.63, 3.8) is 0 Å². The first-order chi connectivity index (χ1) is 13.0. The zero-order valence-electron chi connectivity index (χ0n) is 14.1. The Balaban J connectivity index is 1.82. The fourth-order valence-electron chi connectivity index (χ4n) is 2.22. The van der Waals surface area contributed by atoms with Crippen molar-refractivity contribution in [3.05, 3.63) is 60.5 Å². The number of anilines is 5. The van der Waals surface area contributed by atoms with E-state index >= 15 is 0 Å². The fourth-order valence-corrected chi connectivity index (χ4v) is 2.57. The first kappa shape index (κ1) is 18.5. The predicted molar refractivity (Wildman–Crippen MR) is 101 cm³/mol. The van der Waals surface area contributed by atoms with E-state index in [-0.39, 0.29) is 17.5 Å². The van der Waals surface area contributed by atoms with E-state index in [0.29, 0.717) is 17.1 Å². The molecule has 3 aromatic rings. The minimum absolute atomic E-state index is 0.105. The molecule has 3 N–H and O–H groups in total. The van der Waals surface area contributed by atoms with Crippen LogP contribution < -0.4 is 20.1 Å². The molecule has 1 aromatic heterocycles. The Hall–Kier alpha value is -3.24. The van der Waals surface area contributed by atoms with Crippen LogP contribution in [0.2, 0.25) is 0 Å². The largest absolute Gasteiger partial charge is 0.755 e. The van der Waals surface area contributed by atoms with Gasteiger partial charge in [0.15, 0.2) is 11.6 Å². The van der Waals surface area contributed by atoms with E-state index in [0.717, 1.165) is 6.20 Å². The monoisotopic (exact) mass is 388 g/mol. The first-order valence-electron chi connectivity index (χ1n) is 7.71. The predicted octanol–water partition coefficient (Wildman–Crippen LogP) is 3.32. The lowest BCUT2D eigenvalue weighted by molar-refractivity contribution is 0.415. The molecule has 2 aromatic carbocycles. The van der Waals surface area contributed by atoms with Crippen LogP contribution in [-0.2, 0) is 11.3 Å². The molecule has 3 rings (SSSR count). The van der Waals surface area contributed by atoms with Crippen LogP contribution in [0, 0.1) is 5.82 Å². The zero-order chi connectivity index (χ0) is 19.2. The summed E-state index contributed by atoms with van der Waals surface area (Å²) < 4.78 is 43.2. The van der Waals surface area contributed by atoms with Crippen molar-refractivity contribution < 1.29 is 17.9 Å². The number of hydrogen-bond donors (Lipinski definition) is 3. The summed E-state index contributed by atoms with van der Waals surface area (Å²) in [6, 6.07) is 13.5. The molecule has 8 nitrogen and oxygen atoms in total. The van der Waals surface area contributed by atoms with Gasteiger partial charge in [-0.2, -0.15) is 4.98 Å². The lowest BCUT2D eigenvalue weighted by Crippen LogP contribution is -2.07. The van der Waals surface area contributed by atoms with Crippen LogP contribution in [0.5, 0.6) is 5.75 Å². The van der Waals surface area contributed by atoms with Crippen LogP contribution >= 0.6 is 0 Å². The van der Waals surface area contributed by atoms with Gasteiger partial charge in [0, 0.05) is 17.0 Å². The third-order valence-electron chi connectivity index (χ3n) is 3.46. The molecule has 0 aliphatic heterocycles. The Morgan fingerprint density at radius 3 is 2.44 bits per heavy atom. The molecule has 1 atom stereocenters. The van der Waals surface area contributed by atoms with Crippen molar-refractivity contribution in [3.8, 4) is 5.75 Å². The second kappa shape index (κ2) is 8.43. The van der Waals surface area contributed by atoms with Gasteiger partial charge in [-0.15, -0.1) is 0 Å². The lowest BCUT2D eigenvalue weighted by atomic mass is 10.2. The Morgan fingerprint density at radius 1 is 1.07 bits per heavy atom. The highest BCUT2D eigenvalue weighted by Gasteiger charge is 2.10. The average molecular weight is 388 g/mol. The number of nitrogens with one attached hydrogen (secondary N) is 3. The smallest absolute Gasteiger partial charge is 0.229 e. The second-order valence-corrected chi connectivity index (χ2v) is 5.92. The molecule has 0 bridgehead atoms. The molecule has 27 heavy (non-hydrogen) atoms. The number of ether oxygens (including phenoxy) is 1. The number of aromatic nitrogens is 2. The van der Waals surface area contributed by atoms with Gasteiger partial charge in [-0.05, 0) is 36.4 Å². The molecule has 0 saturated heterocycles. The molecule has 0 radical (unpaired) electrons. The summed E-state index contributed by atoms with van der Waals surface area (Å²) in [7, 11) is 1.57. The standard InChI is InChI=1S/C17H16FN5O3S/c1-26-12-8-6-11(7-9-12)20-17-19-10-13(18)16(22-17)21-14-4-2-3-5-15(14)23-27(24)25/h2-10,23H,1H3,(H,24,25)(H2,19,20,21,22)/p-1. The highest BCUT2D eigenvalue weighted by atomic mass is 32.2. The van der Waals surface area contributed by atoms with Crippen molar-refractivity contribution in [1.82, 2.24) is 9.97 Å². The van der Waals surface area contributed by atoms with Gasteiger partial charge in [0.2, 0.25) is 5.95 Å². The number of nitrogens with zero attached hydrogens (tertiary/aromatic N) is 2. The van der Waals surface area contributed by atoms with E-state index in [4.69, 9.17) is 4.74 Å². The third-order valence-corrected chi connectivity index (χ3v) is 3.85. The molecule has 0 fully saturated rings. The van der Waals surface area contributed by atoms with Gasteiger partial charge >= 0.3 is 0 Å². The summed E-state index contributed by atoms with van der Waals surface area (Å²) in [5.41, 5.74) is 1.29. The van der Waals surface area contributed by atoms with Crippen LogP contribution in [0.15, 0.2) is 54.7 Å². The van der Waals surface area contributed by atoms with E-state index in [1.165, 1.54) is 6.07 Å². The molecule has 0 aliphatic rings. The van der Waals surface area contributed by atoms with Crippen LogP contribution in [0.25, 0.3) is 0 Å². The first-order valence-corrected chi connectivity index (χ1v) is 8.78. The maximum atomic E-state index is 14.1. The minimum atomic E-state index is -2.51. The van der Waals surface area contributed by atoms with Crippen molar-refractivity contribution in [1.29, 1.82) is 0 Å².